The molecule has 3 aromatic heterocycles. The maximum Gasteiger partial charge on any atom is 0.269 e. The molecule has 1 N–H and O–H groups in total. The SMILES string of the molecule is CCC1CC(CNS(=O)(=O)C2=CC2)CC1n1cnc2cnc3c(ccn3S(=O)(=O)c3ccc(C)cc3)c21. The molecule has 2 aliphatic rings. The van der Waals surface area contributed by atoms with Crippen molar-refractivity contribution < 1.29 is 16.8 Å². The van der Waals surface area contributed by atoms with E-state index in [1.165, 1.54) is 3.97 Å². The fraction of sp³-hybridized carbons (Fsp3) is 0.385. The predicted octanol–water partition coefficient (Wildman–Crippen LogP) is 4.12. The summed E-state index contributed by atoms with van der Waals surface area (Å²) in [5.41, 5.74) is 2.91. The summed E-state index contributed by atoms with van der Waals surface area (Å²) in [6.45, 7) is 4.49. The third-order valence-electron chi connectivity index (χ3n) is 7.71. The van der Waals surface area contributed by atoms with Crippen molar-refractivity contribution in [3.8, 4) is 0 Å². The van der Waals surface area contributed by atoms with E-state index in [-0.39, 0.29) is 16.9 Å². The molecule has 11 heteroatoms. The third-order valence-corrected chi connectivity index (χ3v) is 11.0. The fourth-order valence-corrected chi connectivity index (χ4v) is 8.06. The van der Waals surface area contributed by atoms with Crippen LogP contribution in [0.4, 0.5) is 0 Å². The Bertz CT molecular complexity index is 1750. The first-order valence-corrected chi connectivity index (χ1v) is 15.4. The summed E-state index contributed by atoms with van der Waals surface area (Å²) in [5.74, 6) is 0.569. The normalized spacial score (nSPS) is 22.1. The molecule has 2 aliphatic carbocycles. The zero-order valence-corrected chi connectivity index (χ0v) is 22.3. The van der Waals surface area contributed by atoms with E-state index in [9.17, 15) is 16.8 Å². The Morgan fingerprint density at radius 1 is 1.05 bits per heavy atom. The van der Waals surface area contributed by atoms with Gasteiger partial charge in [-0.15, -0.1) is 0 Å². The van der Waals surface area contributed by atoms with Crippen LogP contribution in [0, 0.1) is 18.8 Å². The lowest BCUT2D eigenvalue weighted by Crippen LogP contribution is -2.27. The zero-order chi connectivity index (χ0) is 25.9. The summed E-state index contributed by atoms with van der Waals surface area (Å²) in [6, 6.07) is 8.70. The second-order valence-corrected chi connectivity index (χ2v) is 13.7. The lowest BCUT2D eigenvalue weighted by molar-refractivity contribution is 0.377. The maximum atomic E-state index is 13.4. The Morgan fingerprint density at radius 2 is 1.81 bits per heavy atom. The van der Waals surface area contributed by atoms with Gasteiger partial charge in [0.25, 0.3) is 10.0 Å². The Labute approximate surface area is 216 Å². The van der Waals surface area contributed by atoms with Crippen LogP contribution in [0.3, 0.4) is 0 Å². The number of aryl methyl sites for hydroxylation is 1. The number of imidazole rings is 1. The van der Waals surface area contributed by atoms with Gasteiger partial charge in [-0.25, -0.2) is 35.5 Å². The van der Waals surface area contributed by atoms with E-state index < -0.39 is 20.0 Å². The lowest BCUT2D eigenvalue weighted by atomic mass is 10.00. The highest BCUT2D eigenvalue weighted by Gasteiger charge is 2.36. The number of benzene rings is 1. The first kappa shape index (κ1) is 24.3. The van der Waals surface area contributed by atoms with E-state index >= 15 is 0 Å². The molecule has 37 heavy (non-hydrogen) atoms. The molecule has 0 amide bonds. The quantitative estimate of drug-likeness (QED) is 0.360. The second-order valence-electron chi connectivity index (χ2n) is 10.1. The van der Waals surface area contributed by atoms with Gasteiger partial charge in [-0.1, -0.05) is 37.1 Å². The number of sulfonamides is 1. The second kappa shape index (κ2) is 8.78. The van der Waals surface area contributed by atoms with Crippen LogP contribution in [0.2, 0.25) is 0 Å². The highest BCUT2D eigenvalue weighted by Crippen LogP contribution is 2.43. The molecule has 1 aromatic carbocycles. The van der Waals surface area contributed by atoms with Crippen LogP contribution in [-0.2, 0) is 20.0 Å². The number of aromatic nitrogens is 4. The first-order valence-electron chi connectivity index (χ1n) is 12.5. The molecule has 0 aliphatic heterocycles. The van der Waals surface area contributed by atoms with Gasteiger partial charge in [0.15, 0.2) is 5.65 Å². The van der Waals surface area contributed by atoms with Crippen molar-refractivity contribution in [3.05, 3.63) is 65.6 Å². The highest BCUT2D eigenvalue weighted by atomic mass is 32.2. The average Bonchev–Trinajstić information content (AvgIpc) is 3.33. The Morgan fingerprint density at radius 3 is 2.51 bits per heavy atom. The zero-order valence-electron chi connectivity index (χ0n) is 20.7. The van der Waals surface area contributed by atoms with Crippen molar-refractivity contribution in [2.45, 2.75) is 50.5 Å². The van der Waals surface area contributed by atoms with Crippen LogP contribution in [0.25, 0.3) is 22.1 Å². The monoisotopic (exact) mass is 539 g/mol. The minimum atomic E-state index is -3.82. The maximum absolute atomic E-state index is 13.4. The van der Waals surface area contributed by atoms with Crippen LogP contribution in [0.15, 0.2) is 64.9 Å². The Hall–Kier alpha value is -3.02. The molecule has 4 aromatic rings. The van der Waals surface area contributed by atoms with E-state index in [0.717, 1.165) is 35.7 Å². The molecule has 0 radical (unpaired) electrons. The molecule has 1 fully saturated rings. The summed E-state index contributed by atoms with van der Waals surface area (Å²) in [7, 11) is -7.16. The molecule has 3 atom stereocenters. The van der Waals surface area contributed by atoms with E-state index in [1.807, 2.05) is 13.3 Å². The number of fused-ring (bicyclic) bond motifs is 3. The standard InChI is InChI=1S/C26H29N5O4S2/c1-3-19-12-18(14-29-36(32,33)20-8-9-20)13-24(19)30-16-28-23-15-27-26-22(25(23)30)10-11-31(26)37(34,35)21-6-4-17(2)5-7-21/h4-8,10-11,15-16,18-19,24,29H,3,9,12-14H2,1-2H3. The third kappa shape index (κ3) is 4.18. The van der Waals surface area contributed by atoms with Gasteiger partial charge < -0.3 is 4.57 Å². The summed E-state index contributed by atoms with van der Waals surface area (Å²) in [4.78, 5) is 9.75. The number of pyridine rings is 1. The van der Waals surface area contributed by atoms with Crippen LogP contribution in [0.1, 0.15) is 44.2 Å². The molecule has 0 bridgehead atoms. The van der Waals surface area contributed by atoms with Gasteiger partial charge in [0.05, 0.1) is 27.8 Å². The summed E-state index contributed by atoms with van der Waals surface area (Å²) >= 11 is 0. The summed E-state index contributed by atoms with van der Waals surface area (Å²) < 4.78 is 57.6. The lowest BCUT2D eigenvalue weighted by Gasteiger charge is -2.20. The van der Waals surface area contributed by atoms with Crippen LogP contribution in [-0.4, -0.2) is 41.9 Å². The number of allylic oxidation sites excluding steroid dienone is 2. The van der Waals surface area contributed by atoms with E-state index in [4.69, 9.17) is 0 Å². The molecule has 194 valence electrons. The molecule has 3 heterocycles. The van der Waals surface area contributed by atoms with Gasteiger partial charge in [0.2, 0.25) is 10.0 Å². The van der Waals surface area contributed by atoms with E-state index in [0.29, 0.717) is 35.0 Å². The summed E-state index contributed by atoms with van der Waals surface area (Å²) in [6.07, 6.45) is 9.95. The summed E-state index contributed by atoms with van der Waals surface area (Å²) in [5, 5.41) is 0.727. The van der Waals surface area contributed by atoms with Gasteiger partial charge in [-0.3, -0.25) is 0 Å². The number of nitrogens with one attached hydrogen (secondary N) is 1. The molecule has 1 saturated carbocycles. The number of hydrogen-bond donors (Lipinski definition) is 1. The van der Waals surface area contributed by atoms with Gasteiger partial charge in [0, 0.05) is 30.6 Å². The first-order chi connectivity index (χ1) is 17.7. The van der Waals surface area contributed by atoms with Crippen LogP contribution < -0.4 is 4.72 Å². The molecule has 3 unspecified atom stereocenters. The molecule has 0 saturated heterocycles. The molecule has 6 rings (SSSR count). The van der Waals surface area contributed by atoms with E-state index in [1.54, 1.807) is 48.8 Å². The van der Waals surface area contributed by atoms with Gasteiger partial charge in [0.1, 0.15) is 5.52 Å². The minimum Gasteiger partial charge on any atom is -0.327 e. The van der Waals surface area contributed by atoms with Gasteiger partial charge in [-0.2, -0.15) is 0 Å². The smallest absolute Gasteiger partial charge is 0.269 e. The van der Waals surface area contributed by atoms with Crippen molar-refractivity contribution in [3.63, 3.8) is 0 Å². The Kier molecular flexibility index (Phi) is 5.77. The van der Waals surface area contributed by atoms with Crippen molar-refractivity contribution in [1.82, 2.24) is 23.2 Å². The van der Waals surface area contributed by atoms with E-state index in [2.05, 4.69) is 26.2 Å². The van der Waals surface area contributed by atoms with Crippen molar-refractivity contribution in [1.29, 1.82) is 0 Å². The predicted molar refractivity (Wildman–Crippen MR) is 142 cm³/mol. The molecule has 0 spiro atoms. The van der Waals surface area contributed by atoms with Crippen molar-refractivity contribution in [2.24, 2.45) is 11.8 Å². The topological polar surface area (TPSA) is 116 Å². The molecular formula is C26H29N5O4S2. The highest BCUT2D eigenvalue weighted by molar-refractivity contribution is 7.93. The number of hydrogen-bond acceptors (Lipinski definition) is 6. The van der Waals surface area contributed by atoms with Gasteiger partial charge >= 0.3 is 0 Å². The van der Waals surface area contributed by atoms with Gasteiger partial charge in [-0.05, 0) is 49.8 Å². The average molecular weight is 540 g/mol. The Balaban J connectivity index is 1.36. The van der Waals surface area contributed by atoms with Crippen molar-refractivity contribution >= 4 is 42.1 Å². The number of nitrogens with zero attached hydrogens (tertiary/aromatic N) is 4. The largest absolute Gasteiger partial charge is 0.327 e. The minimum absolute atomic E-state index is 0.132. The van der Waals surface area contributed by atoms with Crippen molar-refractivity contribution in [2.75, 3.05) is 6.54 Å². The fourth-order valence-electron chi connectivity index (χ4n) is 5.60. The number of rotatable bonds is 8. The van der Waals surface area contributed by atoms with Crippen LogP contribution >= 0.6 is 0 Å². The molecule has 9 nitrogen and oxygen atoms in total. The molecular weight excluding hydrogens is 510 g/mol. The van der Waals surface area contributed by atoms with Crippen LogP contribution in [0.5, 0.6) is 0 Å².